The van der Waals surface area contributed by atoms with E-state index in [1.165, 1.54) is 6.07 Å². The molecule has 2 N–H and O–H groups in total. The molecule has 106 valence electrons. The highest BCUT2D eigenvalue weighted by Gasteiger charge is 2.08. The Morgan fingerprint density at radius 2 is 2.20 bits per heavy atom. The molecule has 6 heteroatoms. The fraction of sp³-hybridized carbons (Fsp3) is 0.357. The summed E-state index contributed by atoms with van der Waals surface area (Å²) in [6.07, 6.45) is 2.92. The van der Waals surface area contributed by atoms with Crippen molar-refractivity contribution >= 4 is 22.9 Å². The molecule has 1 aromatic carbocycles. The molecular weight excluding hydrogens is 258 g/mol. The van der Waals surface area contributed by atoms with Gasteiger partial charge in [-0.2, -0.15) is 0 Å². The van der Waals surface area contributed by atoms with Crippen molar-refractivity contribution in [2.24, 2.45) is 0 Å². The molecule has 0 spiro atoms. The van der Waals surface area contributed by atoms with Crippen LogP contribution in [0.3, 0.4) is 0 Å². The summed E-state index contributed by atoms with van der Waals surface area (Å²) < 4.78 is 1.85. The average Bonchev–Trinajstić information content (AvgIpc) is 2.85. The Labute approximate surface area is 116 Å². The molecule has 2 rings (SSSR count). The van der Waals surface area contributed by atoms with Crippen LogP contribution in [0.4, 0.5) is 0 Å². The third-order valence-electron chi connectivity index (χ3n) is 3.02. The lowest BCUT2D eigenvalue weighted by Gasteiger charge is -2.05. The number of aryl methyl sites for hydroxylation is 1. The van der Waals surface area contributed by atoms with Crippen molar-refractivity contribution in [2.45, 2.75) is 26.3 Å². The van der Waals surface area contributed by atoms with Gasteiger partial charge in [-0.3, -0.25) is 4.79 Å². The maximum Gasteiger partial charge on any atom is 0.335 e. The van der Waals surface area contributed by atoms with Crippen molar-refractivity contribution in [3.05, 3.63) is 30.1 Å². The summed E-state index contributed by atoms with van der Waals surface area (Å²) in [4.78, 5) is 26.6. The van der Waals surface area contributed by atoms with E-state index in [-0.39, 0.29) is 11.5 Å². The van der Waals surface area contributed by atoms with Crippen LogP contribution in [0.15, 0.2) is 24.5 Å². The second kappa shape index (κ2) is 6.18. The summed E-state index contributed by atoms with van der Waals surface area (Å²) in [6, 6.07) is 4.79. The number of carboxylic acid groups (broad SMARTS) is 1. The van der Waals surface area contributed by atoms with Gasteiger partial charge in [0.2, 0.25) is 5.91 Å². The molecule has 1 aromatic heterocycles. The number of carboxylic acids is 1. The van der Waals surface area contributed by atoms with Gasteiger partial charge in [-0.15, -0.1) is 0 Å². The first-order valence-corrected chi connectivity index (χ1v) is 6.56. The molecule has 0 fully saturated rings. The molecule has 0 aliphatic carbocycles. The molecule has 0 aliphatic heterocycles. The van der Waals surface area contributed by atoms with Gasteiger partial charge in [0, 0.05) is 19.5 Å². The van der Waals surface area contributed by atoms with Gasteiger partial charge in [-0.05, 0) is 24.6 Å². The predicted octanol–water partition coefficient (Wildman–Crippen LogP) is 1.65. The minimum atomic E-state index is -0.972. The summed E-state index contributed by atoms with van der Waals surface area (Å²) in [7, 11) is 0. The highest BCUT2D eigenvalue weighted by Crippen LogP contribution is 2.15. The van der Waals surface area contributed by atoms with E-state index in [1.54, 1.807) is 18.5 Å². The molecule has 1 heterocycles. The summed E-state index contributed by atoms with van der Waals surface area (Å²) in [5.41, 5.74) is 1.67. The number of carbonyl (C=O) groups is 2. The van der Waals surface area contributed by atoms with E-state index in [1.807, 2.05) is 11.5 Å². The smallest absolute Gasteiger partial charge is 0.335 e. The number of fused-ring (bicyclic) bond motifs is 1. The van der Waals surface area contributed by atoms with Crippen LogP contribution in [0, 0.1) is 0 Å². The molecule has 20 heavy (non-hydrogen) atoms. The van der Waals surface area contributed by atoms with Crippen molar-refractivity contribution in [1.29, 1.82) is 0 Å². The average molecular weight is 275 g/mol. The number of nitrogens with zero attached hydrogens (tertiary/aromatic N) is 2. The molecule has 0 radical (unpaired) electrons. The van der Waals surface area contributed by atoms with E-state index in [9.17, 15) is 9.59 Å². The minimum Gasteiger partial charge on any atom is -0.478 e. The first-order chi connectivity index (χ1) is 9.61. The van der Waals surface area contributed by atoms with Crippen molar-refractivity contribution in [3.63, 3.8) is 0 Å². The van der Waals surface area contributed by atoms with Crippen molar-refractivity contribution in [1.82, 2.24) is 14.9 Å². The Hall–Kier alpha value is -2.37. The van der Waals surface area contributed by atoms with Gasteiger partial charge in [0.15, 0.2) is 0 Å². The summed E-state index contributed by atoms with van der Waals surface area (Å²) in [5.74, 6) is -0.962. The van der Waals surface area contributed by atoms with Crippen LogP contribution in [0.5, 0.6) is 0 Å². The number of aromatic nitrogens is 2. The lowest BCUT2D eigenvalue weighted by atomic mass is 10.2. The Balaban J connectivity index is 2.08. The quantitative estimate of drug-likeness (QED) is 0.839. The number of nitrogens with one attached hydrogen (secondary N) is 1. The summed E-state index contributed by atoms with van der Waals surface area (Å²) in [6.45, 7) is 3.22. The first-order valence-electron chi connectivity index (χ1n) is 6.56. The fourth-order valence-electron chi connectivity index (χ4n) is 1.95. The molecular formula is C14H17N3O3. The summed E-state index contributed by atoms with van der Waals surface area (Å²) in [5, 5.41) is 11.7. The number of imidazole rings is 1. The normalized spacial score (nSPS) is 10.7. The second-order valence-electron chi connectivity index (χ2n) is 4.55. The van der Waals surface area contributed by atoms with Crippen LogP contribution in [-0.4, -0.2) is 33.1 Å². The van der Waals surface area contributed by atoms with Gasteiger partial charge in [0.25, 0.3) is 0 Å². The zero-order chi connectivity index (χ0) is 14.5. The van der Waals surface area contributed by atoms with Crippen LogP contribution in [-0.2, 0) is 11.3 Å². The van der Waals surface area contributed by atoms with Crippen molar-refractivity contribution in [2.75, 3.05) is 6.54 Å². The van der Waals surface area contributed by atoms with E-state index in [4.69, 9.17) is 5.11 Å². The lowest BCUT2D eigenvalue weighted by molar-refractivity contribution is -0.121. The van der Waals surface area contributed by atoms with Gasteiger partial charge in [0.1, 0.15) is 0 Å². The number of aromatic carboxylic acids is 1. The highest BCUT2D eigenvalue weighted by molar-refractivity contribution is 5.92. The van der Waals surface area contributed by atoms with Gasteiger partial charge in [-0.1, -0.05) is 6.92 Å². The van der Waals surface area contributed by atoms with Crippen LogP contribution < -0.4 is 5.32 Å². The lowest BCUT2D eigenvalue weighted by Crippen LogP contribution is -2.24. The Bertz CT molecular complexity index is 634. The Kier molecular flexibility index (Phi) is 4.34. The summed E-state index contributed by atoms with van der Waals surface area (Å²) >= 11 is 0. The largest absolute Gasteiger partial charge is 0.478 e. The standard InChI is InChI=1S/C14H17N3O3/c1-2-6-15-13(18)5-7-17-9-16-11-8-10(14(19)20)3-4-12(11)17/h3-4,8-9H,2,5-7H2,1H3,(H,15,18)(H,19,20). The predicted molar refractivity (Wildman–Crippen MR) is 74.6 cm³/mol. The van der Waals surface area contributed by atoms with E-state index in [0.717, 1.165) is 11.9 Å². The molecule has 6 nitrogen and oxygen atoms in total. The molecule has 2 aromatic rings. The first kappa shape index (κ1) is 14.0. The van der Waals surface area contributed by atoms with Crippen LogP contribution >= 0.6 is 0 Å². The second-order valence-corrected chi connectivity index (χ2v) is 4.55. The Morgan fingerprint density at radius 3 is 2.90 bits per heavy atom. The maximum absolute atomic E-state index is 11.6. The molecule has 0 saturated heterocycles. The zero-order valence-electron chi connectivity index (χ0n) is 11.3. The molecule has 0 unspecified atom stereocenters. The van der Waals surface area contributed by atoms with Crippen LogP contribution in [0.2, 0.25) is 0 Å². The zero-order valence-corrected chi connectivity index (χ0v) is 11.3. The number of carbonyl (C=O) groups excluding carboxylic acids is 1. The Morgan fingerprint density at radius 1 is 1.40 bits per heavy atom. The van der Waals surface area contributed by atoms with Gasteiger partial charge < -0.3 is 15.0 Å². The van der Waals surface area contributed by atoms with E-state index in [0.29, 0.717) is 25.0 Å². The van der Waals surface area contributed by atoms with Crippen LogP contribution in [0.25, 0.3) is 11.0 Å². The highest BCUT2D eigenvalue weighted by atomic mass is 16.4. The number of hydrogen-bond donors (Lipinski definition) is 2. The monoisotopic (exact) mass is 275 g/mol. The fourth-order valence-corrected chi connectivity index (χ4v) is 1.95. The van der Waals surface area contributed by atoms with E-state index >= 15 is 0 Å². The molecule has 0 bridgehead atoms. The van der Waals surface area contributed by atoms with Gasteiger partial charge >= 0.3 is 5.97 Å². The van der Waals surface area contributed by atoms with Crippen molar-refractivity contribution < 1.29 is 14.7 Å². The van der Waals surface area contributed by atoms with Crippen molar-refractivity contribution in [3.8, 4) is 0 Å². The van der Waals surface area contributed by atoms with Gasteiger partial charge in [0.05, 0.1) is 22.9 Å². The van der Waals surface area contributed by atoms with Crippen LogP contribution in [0.1, 0.15) is 30.1 Å². The van der Waals surface area contributed by atoms with E-state index in [2.05, 4.69) is 10.3 Å². The number of rotatable bonds is 6. The number of benzene rings is 1. The van der Waals surface area contributed by atoms with Gasteiger partial charge in [-0.25, -0.2) is 9.78 Å². The SMILES string of the molecule is CCCNC(=O)CCn1cnc2cc(C(=O)O)ccc21. The molecule has 1 amide bonds. The maximum atomic E-state index is 11.6. The number of hydrogen-bond acceptors (Lipinski definition) is 3. The molecule has 0 atom stereocenters. The van der Waals surface area contributed by atoms with E-state index < -0.39 is 5.97 Å². The minimum absolute atomic E-state index is 0.0101. The third-order valence-corrected chi connectivity index (χ3v) is 3.02. The number of amides is 1. The molecule has 0 saturated carbocycles. The third kappa shape index (κ3) is 3.14. The topological polar surface area (TPSA) is 84.2 Å². The molecule has 0 aliphatic rings.